The number of amides is 2. The Morgan fingerprint density at radius 3 is 2.40 bits per heavy atom. The summed E-state index contributed by atoms with van der Waals surface area (Å²) in [6.07, 6.45) is -0.682. The van der Waals surface area contributed by atoms with Gasteiger partial charge in [0.25, 0.3) is 11.8 Å². The molecule has 2 heterocycles. The van der Waals surface area contributed by atoms with Crippen LogP contribution in [0.15, 0.2) is 34.9 Å². The van der Waals surface area contributed by atoms with E-state index in [1.165, 1.54) is 4.68 Å². The summed E-state index contributed by atoms with van der Waals surface area (Å²) < 4.78 is 38.3. The Labute approximate surface area is 230 Å². The van der Waals surface area contributed by atoms with Crippen molar-refractivity contribution in [3.63, 3.8) is 0 Å². The van der Waals surface area contributed by atoms with Gasteiger partial charge in [0.05, 0.1) is 12.1 Å². The number of benzene rings is 1. The molecule has 1 aliphatic carbocycles. The van der Waals surface area contributed by atoms with Crippen molar-refractivity contribution in [1.29, 1.82) is 0 Å². The average Bonchev–Trinajstić information content (AvgIpc) is 3.12. The first-order chi connectivity index (χ1) is 18.6. The second-order valence-electron chi connectivity index (χ2n) is 11.3. The Kier molecular flexibility index (Phi) is 7.82. The van der Waals surface area contributed by atoms with Gasteiger partial charge >= 0.3 is 6.09 Å². The number of anilines is 1. The highest BCUT2D eigenvalue weighted by Crippen LogP contribution is 2.50. The van der Waals surface area contributed by atoms with E-state index in [1.54, 1.807) is 51.1 Å². The number of alkyl halides is 2. The SMILES string of the molecule is CC(C)n1nc(-c2ccc(CC(=O)Cc3cc(CC4CC4(F)F)no3)cc2)c(C(N)=O)c1NC(=O)OC(C)(C)C. The monoisotopic (exact) mass is 557 g/mol. The van der Waals surface area contributed by atoms with Crippen molar-refractivity contribution < 1.29 is 32.4 Å². The van der Waals surface area contributed by atoms with E-state index >= 15 is 0 Å². The fourth-order valence-electron chi connectivity index (χ4n) is 4.31. The minimum absolute atomic E-state index is 0.0138. The van der Waals surface area contributed by atoms with Crippen LogP contribution in [0.1, 0.15) is 74.5 Å². The number of hydrogen-bond donors (Lipinski definition) is 2. The summed E-state index contributed by atoms with van der Waals surface area (Å²) in [5, 5.41) is 11.0. The normalized spacial score (nSPS) is 16.1. The van der Waals surface area contributed by atoms with Crippen molar-refractivity contribution in [2.45, 2.75) is 77.9 Å². The third-order valence-corrected chi connectivity index (χ3v) is 6.28. The number of nitrogens with zero attached hydrogens (tertiary/aromatic N) is 3. The quantitative estimate of drug-likeness (QED) is 0.352. The highest BCUT2D eigenvalue weighted by Gasteiger charge is 2.56. The highest BCUT2D eigenvalue weighted by molar-refractivity contribution is 6.06. The molecule has 2 aromatic heterocycles. The summed E-state index contributed by atoms with van der Waals surface area (Å²) in [7, 11) is 0. The number of halogens is 2. The third-order valence-electron chi connectivity index (χ3n) is 6.28. The molecule has 0 spiro atoms. The molecule has 214 valence electrons. The van der Waals surface area contributed by atoms with E-state index in [2.05, 4.69) is 15.6 Å². The van der Waals surface area contributed by atoms with Crippen LogP contribution in [0, 0.1) is 5.92 Å². The number of ether oxygens (including phenoxy) is 1. The number of ketones is 1. The van der Waals surface area contributed by atoms with Crippen LogP contribution < -0.4 is 11.1 Å². The van der Waals surface area contributed by atoms with Gasteiger partial charge in [0.15, 0.2) is 0 Å². The molecular formula is C28H33F2N5O5. The van der Waals surface area contributed by atoms with Crippen molar-refractivity contribution in [3.05, 3.63) is 52.9 Å². The molecule has 1 unspecified atom stereocenters. The summed E-state index contributed by atoms with van der Waals surface area (Å²) in [4.78, 5) is 37.6. The summed E-state index contributed by atoms with van der Waals surface area (Å²) in [6.45, 7) is 8.85. The van der Waals surface area contributed by atoms with Gasteiger partial charge in [0.1, 0.15) is 34.2 Å². The molecule has 0 saturated heterocycles. The number of rotatable bonds is 10. The molecule has 1 fully saturated rings. The van der Waals surface area contributed by atoms with Crippen LogP contribution in [0.2, 0.25) is 0 Å². The lowest BCUT2D eigenvalue weighted by atomic mass is 10.0. The van der Waals surface area contributed by atoms with Crippen LogP contribution >= 0.6 is 0 Å². The number of nitrogens with one attached hydrogen (secondary N) is 1. The maximum absolute atomic E-state index is 13.1. The molecule has 0 bridgehead atoms. The predicted octanol–water partition coefficient (Wildman–Crippen LogP) is 5.12. The van der Waals surface area contributed by atoms with Crippen LogP contribution in [-0.4, -0.2) is 44.2 Å². The Balaban J connectivity index is 1.47. The first-order valence-electron chi connectivity index (χ1n) is 13.0. The van der Waals surface area contributed by atoms with Crippen molar-refractivity contribution in [1.82, 2.24) is 14.9 Å². The Morgan fingerprint density at radius 1 is 1.20 bits per heavy atom. The van der Waals surface area contributed by atoms with Crippen LogP contribution in [0.4, 0.5) is 19.4 Å². The van der Waals surface area contributed by atoms with Gasteiger partial charge in [0, 0.05) is 42.9 Å². The van der Waals surface area contributed by atoms with Crippen LogP contribution in [0.3, 0.4) is 0 Å². The zero-order valence-corrected chi connectivity index (χ0v) is 23.1. The smallest absolute Gasteiger partial charge is 0.413 e. The summed E-state index contributed by atoms with van der Waals surface area (Å²) in [6, 6.07) is 8.21. The molecule has 1 aliphatic rings. The molecule has 4 rings (SSSR count). The fourth-order valence-corrected chi connectivity index (χ4v) is 4.31. The topological polar surface area (TPSA) is 142 Å². The molecule has 2 amide bonds. The lowest BCUT2D eigenvalue weighted by Crippen LogP contribution is -2.29. The van der Waals surface area contributed by atoms with Gasteiger partial charge < -0.3 is 15.0 Å². The summed E-state index contributed by atoms with van der Waals surface area (Å²) in [5.41, 5.74) is 6.96. The second-order valence-corrected chi connectivity index (χ2v) is 11.3. The standard InChI is InChI=1S/C28H33F2N5O5/c1-15(2)35-25(32-26(38)39-27(3,4)5)22(24(31)37)23(33-35)17-8-6-16(7-9-17)10-20(36)13-21-12-19(34-40-21)11-18-14-28(18,29)30/h6-9,12,15,18H,10-11,13-14H2,1-5H3,(H2,31,37)(H,32,38). The van der Waals surface area contributed by atoms with E-state index in [0.29, 0.717) is 22.6 Å². The van der Waals surface area contributed by atoms with Gasteiger partial charge in [0.2, 0.25) is 0 Å². The number of carbonyl (C=O) groups excluding carboxylic acids is 3. The number of Topliss-reactive ketones (excluding diaryl/α,β-unsaturated/α-hetero) is 1. The molecule has 0 aliphatic heterocycles. The average molecular weight is 558 g/mol. The third kappa shape index (κ3) is 6.91. The van der Waals surface area contributed by atoms with E-state index < -0.39 is 29.4 Å². The zero-order chi connectivity index (χ0) is 29.4. The van der Waals surface area contributed by atoms with Crippen LogP contribution in [-0.2, 0) is 28.8 Å². The minimum atomic E-state index is -2.64. The number of hydrogen-bond acceptors (Lipinski definition) is 7. The van der Waals surface area contributed by atoms with Crippen molar-refractivity contribution in [2.75, 3.05) is 5.32 Å². The van der Waals surface area contributed by atoms with Gasteiger partial charge in [-0.2, -0.15) is 5.10 Å². The predicted molar refractivity (Wildman–Crippen MR) is 142 cm³/mol. The molecule has 1 aromatic carbocycles. The Morgan fingerprint density at radius 2 is 1.85 bits per heavy atom. The van der Waals surface area contributed by atoms with Gasteiger partial charge in [-0.3, -0.25) is 14.9 Å². The van der Waals surface area contributed by atoms with E-state index in [1.807, 2.05) is 13.8 Å². The van der Waals surface area contributed by atoms with Gasteiger partial charge in [-0.15, -0.1) is 0 Å². The minimum Gasteiger partial charge on any atom is -0.444 e. The summed E-state index contributed by atoms with van der Waals surface area (Å²) in [5.74, 6) is -3.81. The number of primary amides is 1. The number of aromatic nitrogens is 3. The first kappa shape index (κ1) is 28.9. The van der Waals surface area contributed by atoms with E-state index in [-0.39, 0.29) is 54.6 Å². The largest absolute Gasteiger partial charge is 0.444 e. The molecule has 10 nitrogen and oxygen atoms in total. The van der Waals surface area contributed by atoms with Gasteiger partial charge in [-0.1, -0.05) is 29.4 Å². The summed E-state index contributed by atoms with van der Waals surface area (Å²) >= 11 is 0. The lowest BCUT2D eigenvalue weighted by molar-refractivity contribution is -0.118. The molecule has 3 N–H and O–H groups in total. The molecule has 1 atom stereocenters. The number of nitrogens with two attached hydrogens (primary N) is 1. The molecule has 12 heteroatoms. The maximum atomic E-state index is 13.1. The highest BCUT2D eigenvalue weighted by atomic mass is 19.3. The maximum Gasteiger partial charge on any atom is 0.413 e. The van der Waals surface area contributed by atoms with Crippen LogP contribution in [0.5, 0.6) is 0 Å². The zero-order valence-electron chi connectivity index (χ0n) is 23.1. The van der Waals surface area contributed by atoms with E-state index in [9.17, 15) is 23.2 Å². The lowest BCUT2D eigenvalue weighted by Gasteiger charge is -2.20. The first-order valence-corrected chi connectivity index (χ1v) is 13.0. The van der Waals surface area contributed by atoms with Crippen molar-refractivity contribution in [2.24, 2.45) is 11.7 Å². The van der Waals surface area contributed by atoms with Gasteiger partial charge in [-0.25, -0.2) is 18.3 Å². The second kappa shape index (κ2) is 10.8. The molecular weight excluding hydrogens is 524 g/mol. The fraction of sp³-hybridized carbons (Fsp3) is 0.464. The van der Waals surface area contributed by atoms with Gasteiger partial charge in [-0.05, 0) is 40.2 Å². The molecule has 40 heavy (non-hydrogen) atoms. The Hall–Kier alpha value is -4.09. The van der Waals surface area contributed by atoms with Crippen LogP contribution in [0.25, 0.3) is 11.3 Å². The van der Waals surface area contributed by atoms with Crippen molar-refractivity contribution in [3.8, 4) is 11.3 Å². The molecule has 0 radical (unpaired) electrons. The van der Waals surface area contributed by atoms with E-state index in [4.69, 9.17) is 15.0 Å². The molecule has 1 saturated carbocycles. The molecule has 3 aromatic rings. The Bertz CT molecular complexity index is 1420. The number of carbonyl (C=O) groups is 3. The van der Waals surface area contributed by atoms with E-state index in [0.717, 1.165) is 0 Å². The van der Waals surface area contributed by atoms with Crippen molar-refractivity contribution >= 4 is 23.6 Å².